The van der Waals surface area contributed by atoms with Gasteiger partial charge in [0.25, 0.3) is 5.91 Å². The predicted molar refractivity (Wildman–Crippen MR) is 120 cm³/mol. The van der Waals surface area contributed by atoms with E-state index in [1.807, 2.05) is 0 Å². The first-order valence-electron chi connectivity index (χ1n) is 12.0. The first kappa shape index (κ1) is 23.1. The lowest BCUT2D eigenvalue weighted by Crippen LogP contribution is -2.49. The highest BCUT2D eigenvalue weighted by Gasteiger charge is 2.42. The number of fused-ring (bicyclic) bond motifs is 2. The molecule has 0 radical (unpaired) electrons. The number of carbonyl (C=O) groups excluding carboxylic acids is 1. The SMILES string of the molecule is CC1CC2CC(C1)CC(C)(COc1cc(F)c(C(=O)NC(C)(C)C(=O)O)cc1C1CC1)C2. The van der Waals surface area contributed by atoms with Crippen molar-refractivity contribution in [2.75, 3.05) is 6.61 Å². The smallest absolute Gasteiger partial charge is 0.328 e. The van der Waals surface area contributed by atoms with Gasteiger partial charge in [0, 0.05) is 11.5 Å². The largest absolute Gasteiger partial charge is 0.493 e. The zero-order valence-electron chi connectivity index (χ0n) is 19.7. The van der Waals surface area contributed by atoms with Crippen molar-refractivity contribution in [1.29, 1.82) is 0 Å². The van der Waals surface area contributed by atoms with Crippen LogP contribution in [0.15, 0.2) is 12.1 Å². The van der Waals surface area contributed by atoms with Crippen LogP contribution in [0, 0.1) is 29.0 Å². The van der Waals surface area contributed by atoms with Crippen molar-refractivity contribution >= 4 is 11.9 Å². The number of carboxylic acids is 1. The fraction of sp³-hybridized carbons (Fsp3) is 0.692. The molecule has 2 atom stereocenters. The van der Waals surface area contributed by atoms with Crippen molar-refractivity contribution in [3.8, 4) is 5.75 Å². The molecule has 2 bridgehead atoms. The van der Waals surface area contributed by atoms with Gasteiger partial charge in [-0.25, -0.2) is 9.18 Å². The summed E-state index contributed by atoms with van der Waals surface area (Å²) < 4.78 is 21.2. The molecule has 4 rings (SSSR count). The third-order valence-electron chi connectivity index (χ3n) is 7.60. The van der Waals surface area contributed by atoms with Crippen molar-refractivity contribution in [3.63, 3.8) is 0 Å². The lowest BCUT2D eigenvalue weighted by atomic mass is 9.60. The number of aliphatic carboxylic acids is 1. The maximum Gasteiger partial charge on any atom is 0.328 e. The standard InChI is InChI=1S/C26H36FNO4/c1-15-7-16-9-17(8-15)13-26(4,12-16)14-32-22-11-21(27)20(10-19(22)18-5-6-18)23(29)28-25(2,3)24(30)31/h10-11,15-18H,5-9,12-14H2,1-4H3,(H,28,29)(H,30,31). The van der Waals surface area contributed by atoms with Crippen LogP contribution in [0.25, 0.3) is 0 Å². The molecule has 0 aliphatic heterocycles. The van der Waals surface area contributed by atoms with E-state index in [-0.39, 0.29) is 16.9 Å². The van der Waals surface area contributed by atoms with Crippen LogP contribution in [0.5, 0.6) is 5.75 Å². The lowest BCUT2D eigenvalue weighted by Gasteiger charge is -2.47. The number of hydrogen-bond donors (Lipinski definition) is 2. The van der Waals surface area contributed by atoms with Crippen molar-refractivity contribution in [2.24, 2.45) is 23.2 Å². The molecule has 3 saturated carbocycles. The maximum atomic E-state index is 14.9. The maximum absolute atomic E-state index is 14.9. The molecule has 0 aromatic heterocycles. The van der Waals surface area contributed by atoms with Gasteiger partial charge in [0.2, 0.25) is 0 Å². The van der Waals surface area contributed by atoms with Gasteiger partial charge in [-0.1, -0.05) is 13.8 Å². The molecule has 3 aliphatic carbocycles. The summed E-state index contributed by atoms with van der Waals surface area (Å²) in [5.74, 6) is 0.558. The molecule has 32 heavy (non-hydrogen) atoms. The zero-order valence-corrected chi connectivity index (χ0v) is 19.7. The van der Waals surface area contributed by atoms with E-state index in [0.29, 0.717) is 12.4 Å². The molecule has 1 amide bonds. The highest BCUT2D eigenvalue weighted by atomic mass is 19.1. The van der Waals surface area contributed by atoms with Crippen LogP contribution >= 0.6 is 0 Å². The molecule has 1 aromatic carbocycles. The summed E-state index contributed by atoms with van der Waals surface area (Å²) in [6.07, 6.45) is 8.21. The molecule has 5 nitrogen and oxygen atoms in total. The molecule has 2 unspecified atom stereocenters. The Morgan fingerprint density at radius 1 is 1.19 bits per heavy atom. The Morgan fingerprint density at radius 2 is 1.81 bits per heavy atom. The lowest BCUT2D eigenvalue weighted by molar-refractivity contribution is -0.143. The molecule has 3 aliphatic rings. The summed E-state index contributed by atoms with van der Waals surface area (Å²) in [5, 5.41) is 11.7. The average Bonchev–Trinajstić information content (AvgIpc) is 3.49. The zero-order chi connectivity index (χ0) is 23.3. The highest BCUT2D eigenvalue weighted by Crippen LogP contribution is 2.51. The number of nitrogens with one attached hydrogen (secondary N) is 1. The molecular weight excluding hydrogens is 409 g/mol. The Hall–Kier alpha value is -2.11. The predicted octanol–water partition coefficient (Wildman–Crippen LogP) is 5.53. The molecule has 0 saturated heterocycles. The number of benzene rings is 1. The normalized spacial score (nSPS) is 30.0. The fourth-order valence-corrected chi connectivity index (χ4v) is 6.07. The minimum Gasteiger partial charge on any atom is -0.493 e. The van der Waals surface area contributed by atoms with Crippen LogP contribution < -0.4 is 10.1 Å². The van der Waals surface area contributed by atoms with Gasteiger partial charge in [-0.15, -0.1) is 0 Å². The van der Waals surface area contributed by atoms with E-state index in [4.69, 9.17) is 4.74 Å². The van der Waals surface area contributed by atoms with Crippen LogP contribution in [0.1, 0.15) is 94.5 Å². The van der Waals surface area contributed by atoms with Crippen LogP contribution in [-0.4, -0.2) is 29.1 Å². The number of ether oxygens (including phenoxy) is 1. The van der Waals surface area contributed by atoms with E-state index in [1.54, 1.807) is 6.07 Å². The summed E-state index contributed by atoms with van der Waals surface area (Å²) in [7, 11) is 0. The van der Waals surface area contributed by atoms with Gasteiger partial charge in [-0.05, 0) is 94.1 Å². The van der Waals surface area contributed by atoms with Crippen molar-refractivity contribution in [1.82, 2.24) is 5.32 Å². The minimum atomic E-state index is -1.48. The van der Waals surface area contributed by atoms with Crippen LogP contribution in [0.3, 0.4) is 0 Å². The quantitative estimate of drug-likeness (QED) is 0.579. The molecule has 0 heterocycles. The first-order valence-corrected chi connectivity index (χ1v) is 12.0. The van der Waals surface area contributed by atoms with E-state index in [2.05, 4.69) is 19.2 Å². The summed E-state index contributed by atoms with van der Waals surface area (Å²) in [5.41, 5.74) is -0.658. The van der Waals surface area contributed by atoms with Crippen molar-refractivity contribution < 1.29 is 23.8 Å². The van der Waals surface area contributed by atoms with Gasteiger partial charge in [0.05, 0.1) is 12.2 Å². The average molecular weight is 446 g/mol. The molecule has 6 heteroatoms. The van der Waals surface area contributed by atoms with Gasteiger partial charge in [-0.3, -0.25) is 4.79 Å². The Bertz CT molecular complexity index is 889. The Labute approximate surface area is 190 Å². The molecule has 3 fully saturated rings. The molecule has 176 valence electrons. The van der Waals surface area contributed by atoms with Crippen LogP contribution in [0.4, 0.5) is 4.39 Å². The van der Waals surface area contributed by atoms with E-state index in [9.17, 15) is 19.1 Å². The van der Waals surface area contributed by atoms with Gasteiger partial charge >= 0.3 is 5.97 Å². The van der Waals surface area contributed by atoms with Crippen LogP contribution in [-0.2, 0) is 4.79 Å². The monoisotopic (exact) mass is 445 g/mol. The number of rotatable bonds is 7. The molecule has 2 N–H and O–H groups in total. The summed E-state index contributed by atoms with van der Waals surface area (Å²) >= 11 is 0. The number of carbonyl (C=O) groups is 2. The van der Waals surface area contributed by atoms with Crippen LogP contribution in [0.2, 0.25) is 0 Å². The summed E-state index contributed by atoms with van der Waals surface area (Å²) in [4.78, 5) is 24.0. The first-order chi connectivity index (χ1) is 15.0. The number of halogens is 1. The van der Waals surface area contributed by atoms with Gasteiger partial charge in [0.1, 0.15) is 17.1 Å². The van der Waals surface area contributed by atoms with Gasteiger partial charge in [-0.2, -0.15) is 0 Å². The Kier molecular flexibility index (Phi) is 6.01. The number of carboxylic acid groups (broad SMARTS) is 1. The number of hydrogen-bond acceptors (Lipinski definition) is 3. The Balaban J connectivity index is 1.50. The fourth-order valence-electron chi connectivity index (χ4n) is 6.07. The topological polar surface area (TPSA) is 75.6 Å². The van der Waals surface area contributed by atoms with Crippen molar-refractivity contribution in [3.05, 3.63) is 29.1 Å². The second-order valence-corrected chi connectivity index (χ2v) is 11.6. The third-order valence-corrected chi connectivity index (χ3v) is 7.60. The van der Waals surface area contributed by atoms with E-state index >= 15 is 0 Å². The minimum absolute atomic E-state index is 0.0899. The molecule has 0 spiro atoms. The highest BCUT2D eigenvalue weighted by molar-refractivity contribution is 5.98. The Morgan fingerprint density at radius 3 is 2.38 bits per heavy atom. The van der Waals surface area contributed by atoms with E-state index in [1.165, 1.54) is 39.2 Å². The third kappa shape index (κ3) is 4.94. The van der Waals surface area contributed by atoms with E-state index < -0.39 is 23.2 Å². The van der Waals surface area contributed by atoms with Gasteiger partial charge in [0.15, 0.2) is 0 Å². The summed E-state index contributed by atoms with van der Waals surface area (Å²) in [6, 6.07) is 2.89. The number of amides is 1. The second kappa shape index (κ2) is 8.35. The van der Waals surface area contributed by atoms with Gasteiger partial charge < -0.3 is 15.2 Å². The summed E-state index contributed by atoms with van der Waals surface area (Å²) in [6.45, 7) is 7.98. The van der Waals surface area contributed by atoms with Crippen molar-refractivity contribution in [2.45, 2.75) is 84.1 Å². The second-order valence-electron chi connectivity index (χ2n) is 11.6. The molecular formula is C26H36FNO4. The van der Waals surface area contributed by atoms with E-state index in [0.717, 1.165) is 49.0 Å². The molecule has 1 aromatic rings.